The molecule has 0 bridgehead atoms. The van der Waals surface area contributed by atoms with Crippen LogP contribution in [-0.4, -0.2) is 22.6 Å². The van der Waals surface area contributed by atoms with Gasteiger partial charge in [-0.2, -0.15) is 9.64 Å². The summed E-state index contributed by atoms with van der Waals surface area (Å²) in [6, 6.07) is 2.02. The number of hydrogen-bond donors (Lipinski definition) is 2. The molecule has 1 aromatic rings. The summed E-state index contributed by atoms with van der Waals surface area (Å²) in [5.74, 6) is 0.400. The monoisotopic (exact) mass is 259 g/mol. The number of aliphatic hydroxyl groups excluding tert-OH is 1. The predicted molar refractivity (Wildman–Crippen MR) is 65.8 cm³/mol. The van der Waals surface area contributed by atoms with Crippen LogP contribution in [0, 0.1) is 17.2 Å². The Morgan fingerprint density at radius 1 is 1.69 bits per heavy atom. The van der Waals surface area contributed by atoms with Gasteiger partial charge in [-0.15, -0.1) is 0 Å². The maximum Gasteiger partial charge on any atom is 0.162 e. The van der Waals surface area contributed by atoms with Crippen molar-refractivity contribution >= 4 is 28.1 Å². The Kier molecular flexibility index (Phi) is 5.53. The van der Waals surface area contributed by atoms with E-state index in [2.05, 4.69) is 16.6 Å². The number of aliphatic hydroxyl groups is 1. The fourth-order valence-corrected chi connectivity index (χ4v) is 2.30. The maximum absolute atomic E-state index is 8.87. The Labute approximate surface area is 104 Å². The highest BCUT2D eigenvalue weighted by Crippen LogP contribution is 2.27. The van der Waals surface area contributed by atoms with Crippen molar-refractivity contribution in [2.24, 2.45) is 5.92 Å². The van der Waals surface area contributed by atoms with Crippen molar-refractivity contribution in [2.45, 2.75) is 19.8 Å². The molecule has 0 aromatic carbocycles. The van der Waals surface area contributed by atoms with Crippen LogP contribution in [0.4, 0.5) is 5.00 Å². The molecule has 1 heterocycles. The maximum atomic E-state index is 8.87. The molecule has 0 saturated heterocycles. The fourth-order valence-electron chi connectivity index (χ4n) is 1.36. The average molecular weight is 260 g/mol. The van der Waals surface area contributed by atoms with Crippen LogP contribution in [0.2, 0.25) is 5.15 Å². The molecule has 1 atom stereocenters. The number of nitriles is 1. The van der Waals surface area contributed by atoms with Gasteiger partial charge in [0, 0.05) is 13.2 Å². The smallest absolute Gasteiger partial charge is 0.162 e. The minimum absolute atomic E-state index is 0.189. The van der Waals surface area contributed by atoms with Gasteiger partial charge in [0.05, 0.1) is 0 Å². The van der Waals surface area contributed by atoms with E-state index in [0.717, 1.165) is 19.4 Å². The molecule has 0 spiro atoms. The van der Waals surface area contributed by atoms with Crippen LogP contribution in [0.25, 0.3) is 0 Å². The summed E-state index contributed by atoms with van der Waals surface area (Å²) < 4.78 is 3.91. The van der Waals surface area contributed by atoms with Crippen molar-refractivity contribution in [2.75, 3.05) is 18.5 Å². The predicted octanol–water partition coefficient (Wildman–Crippen LogP) is 2.49. The molecular formula is C10H14ClN3OS. The van der Waals surface area contributed by atoms with Crippen LogP contribution in [0.5, 0.6) is 0 Å². The number of hydrogen-bond acceptors (Lipinski definition) is 5. The summed E-state index contributed by atoms with van der Waals surface area (Å²) in [5.41, 5.74) is 0.408. The molecule has 88 valence electrons. The number of nitrogens with zero attached hydrogens (tertiary/aromatic N) is 2. The van der Waals surface area contributed by atoms with E-state index in [1.54, 1.807) is 0 Å². The first-order chi connectivity index (χ1) is 7.72. The lowest BCUT2D eigenvalue weighted by Gasteiger charge is -2.13. The highest BCUT2D eigenvalue weighted by molar-refractivity contribution is 7.10. The number of anilines is 1. The highest BCUT2D eigenvalue weighted by Gasteiger charge is 2.13. The lowest BCUT2D eigenvalue weighted by atomic mass is 10.0. The van der Waals surface area contributed by atoms with Gasteiger partial charge < -0.3 is 10.4 Å². The molecule has 0 radical (unpaired) electrons. The quantitative estimate of drug-likeness (QED) is 0.824. The van der Waals surface area contributed by atoms with E-state index in [9.17, 15) is 0 Å². The highest BCUT2D eigenvalue weighted by atomic mass is 35.5. The van der Waals surface area contributed by atoms with E-state index in [0.29, 0.717) is 16.5 Å². The molecule has 0 aliphatic carbocycles. The molecular weight excluding hydrogens is 246 g/mol. The number of aromatic nitrogens is 1. The van der Waals surface area contributed by atoms with Crippen molar-refractivity contribution < 1.29 is 5.11 Å². The standard InChI is InChI=1S/C10H14ClN3OS/c1-2-7(3-4-15)6-13-10-8(5-12)9(11)14-16-10/h7,13,15H,2-4,6H2,1H3. The van der Waals surface area contributed by atoms with Crippen LogP contribution in [0.3, 0.4) is 0 Å². The lowest BCUT2D eigenvalue weighted by Crippen LogP contribution is -2.14. The molecule has 1 rings (SSSR count). The minimum Gasteiger partial charge on any atom is -0.396 e. The number of rotatable bonds is 6. The van der Waals surface area contributed by atoms with Gasteiger partial charge in [0.25, 0.3) is 0 Å². The van der Waals surface area contributed by atoms with Gasteiger partial charge in [0.15, 0.2) is 5.15 Å². The largest absolute Gasteiger partial charge is 0.396 e. The first kappa shape index (κ1) is 13.2. The normalized spacial score (nSPS) is 12.1. The van der Waals surface area contributed by atoms with Gasteiger partial charge in [-0.3, -0.25) is 0 Å². The Hall–Kier alpha value is -0.830. The van der Waals surface area contributed by atoms with Crippen molar-refractivity contribution in [1.29, 1.82) is 5.26 Å². The second-order valence-electron chi connectivity index (χ2n) is 3.46. The minimum atomic E-state index is 0.189. The third-order valence-electron chi connectivity index (χ3n) is 2.43. The van der Waals surface area contributed by atoms with Crippen molar-refractivity contribution in [3.8, 4) is 6.07 Å². The topological polar surface area (TPSA) is 68.9 Å². The van der Waals surface area contributed by atoms with Gasteiger partial charge >= 0.3 is 0 Å². The van der Waals surface area contributed by atoms with Gasteiger partial charge in [-0.1, -0.05) is 24.9 Å². The Balaban J connectivity index is 2.57. The summed E-state index contributed by atoms with van der Waals surface area (Å²) in [6.07, 6.45) is 1.75. The van der Waals surface area contributed by atoms with E-state index in [4.69, 9.17) is 22.0 Å². The fraction of sp³-hybridized carbons (Fsp3) is 0.600. The van der Waals surface area contributed by atoms with Crippen molar-refractivity contribution in [3.63, 3.8) is 0 Å². The summed E-state index contributed by atoms with van der Waals surface area (Å²) in [5, 5.41) is 21.9. The third-order valence-corrected chi connectivity index (χ3v) is 3.61. The third kappa shape index (κ3) is 3.34. The van der Waals surface area contributed by atoms with E-state index in [-0.39, 0.29) is 11.8 Å². The van der Waals surface area contributed by atoms with Crippen LogP contribution < -0.4 is 5.32 Å². The zero-order chi connectivity index (χ0) is 12.0. The van der Waals surface area contributed by atoms with E-state index >= 15 is 0 Å². The summed E-state index contributed by atoms with van der Waals surface area (Å²) in [7, 11) is 0. The lowest BCUT2D eigenvalue weighted by molar-refractivity contribution is 0.258. The molecule has 2 N–H and O–H groups in total. The molecule has 1 unspecified atom stereocenters. The molecule has 0 aliphatic rings. The summed E-state index contributed by atoms with van der Waals surface area (Å²) in [6.45, 7) is 2.99. The SMILES string of the molecule is CCC(CCO)CNc1snc(Cl)c1C#N. The van der Waals surface area contributed by atoms with Gasteiger partial charge in [-0.25, -0.2) is 0 Å². The molecule has 1 aromatic heterocycles. The van der Waals surface area contributed by atoms with E-state index < -0.39 is 0 Å². The van der Waals surface area contributed by atoms with E-state index in [1.807, 2.05) is 6.07 Å². The average Bonchev–Trinajstić information content (AvgIpc) is 2.65. The van der Waals surface area contributed by atoms with Crippen molar-refractivity contribution in [3.05, 3.63) is 10.7 Å². The van der Waals surface area contributed by atoms with Crippen LogP contribution in [0.1, 0.15) is 25.3 Å². The van der Waals surface area contributed by atoms with Gasteiger partial charge in [0.2, 0.25) is 0 Å². The zero-order valence-corrected chi connectivity index (χ0v) is 10.6. The summed E-state index contributed by atoms with van der Waals surface area (Å²) in [4.78, 5) is 0. The van der Waals surface area contributed by atoms with Gasteiger partial charge in [0.1, 0.15) is 16.6 Å². The molecule has 0 amide bonds. The second-order valence-corrected chi connectivity index (χ2v) is 4.59. The molecule has 0 aliphatic heterocycles. The molecule has 0 fully saturated rings. The first-order valence-corrected chi connectivity index (χ1v) is 6.28. The number of halogens is 1. The van der Waals surface area contributed by atoms with E-state index in [1.165, 1.54) is 11.5 Å². The number of nitrogens with one attached hydrogen (secondary N) is 1. The molecule has 6 heteroatoms. The summed E-state index contributed by atoms with van der Waals surface area (Å²) >= 11 is 6.95. The van der Waals surface area contributed by atoms with Gasteiger partial charge in [-0.05, 0) is 23.9 Å². The van der Waals surface area contributed by atoms with Crippen molar-refractivity contribution in [1.82, 2.24) is 4.37 Å². The molecule has 16 heavy (non-hydrogen) atoms. The Morgan fingerprint density at radius 3 is 3.00 bits per heavy atom. The first-order valence-electron chi connectivity index (χ1n) is 5.12. The Bertz CT molecular complexity index is 375. The Morgan fingerprint density at radius 2 is 2.44 bits per heavy atom. The zero-order valence-electron chi connectivity index (χ0n) is 9.03. The second kappa shape index (κ2) is 6.69. The van der Waals surface area contributed by atoms with Crippen LogP contribution >= 0.6 is 23.1 Å². The van der Waals surface area contributed by atoms with Crippen LogP contribution in [0.15, 0.2) is 0 Å². The molecule has 0 saturated carbocycles. The molecule has 4 nitrogen and oxygen atoms in total. The van der Waals surface area contributed by atoms with Crippen LogP contribution in [-0.2, 0) is 0 Å².